The van der Waals surface area contributed by atoms with Gasteiger partial charge in [-0.3, -0.25) is 9.59 Å². The summed E-state index contributed by atoms with van der Waals surface area (Å²) in [7, 11) is 3.74. The van der Waals surface area contributed by atoms with Crippen LogP contribution in [0.2, 0.25) is 0 Å². The Morgan fingerprint density at radius 1 is 1.07 bits per heavy atom. The molecule has 2 bridgehead atoms. The van der Waals surface area contributed by atoms with Crippen molar-refractivity contribution < 1.29 is 9.53 Å². The number of nitrogens with zero attached hydrogens (tertiary/aromatic N) is 2. The van der Waals surface area contributed by atoms with Crippen LogP contribution in [-0.2, 0) is 0 Å². The van der Waals surface area contributed by atoms with Gasteiger partial charge in [0.15, 0.2) is 0 Å². The Morgan fingerprint density at radius 2 is 1.85 bits per heavy atom. The summed E-state index contributed by atoms with van der Waals surface area (Å²) < 4.78 is 5.16. The van der Waals surface area contributed by atoms with Crippen molar-refractivity contribution in [3.8, 4) is 17.0 Å². The molecule has 6 heteroatoms. The molecule has 3 fully saturated rings. The third kappa shape index (κ3) is 3.49. The number of methoxy groups -OCH3 is 1. The van der Waals surface area contributed by atoms with Crippen LogP contribution in [0.5, 0.6) is 5.75 Å². The number of amides is 1. The first kappa shape index (κ1) is 17.8. The van der Waals surface area contributed by atoms with Gasteiger partial charge in [0.25, 0.3) is 11.5 Å². The van der Waals surface area contributed by atoms with Crippen LogP contribution in [0.1, 0.15) is 23.2 Å². The molecular weight excluding hydrogens is 342 g/mol. The Morgan fingerprint density at radius 3 is 2.52 bits per heavy atom. The lowest BCUT2D eigenvalue weighted by molar-refractivity contribution is 0.0741. The molecule has 0 aliphatic carbocycles. The maximum atomic E-state index is 13.0. The highest BCUT2D eigenvalue weighted by Crippen LogP contribution is 2.27. The first-order valence-corrected chi connectivity index (χ1v) is 9.42. The summed E-state index contributed by atoms with van der Waals surface area (Å²) in [5.41, 5.74) is 1.45. The number of pyridine rings is 1. The number of fused-ring (bicyclic) bond motifs is 4. The average Bonchev–Trinajstić information content (AvgIpc) is 2.99. The highest BCUT2D eigenvalue weighted by Gasteiger charge is 2.35. The first-order chi connectivity index (χ1) is 13.0. The Labute approximate surface area is 158 Å². The summed E-state index contributed by atoms with van der Waals surface area (Å²) in [5.74, 6) is 1.09. The molecule has 5 rings (SSSR count). The van der Waals surface area contributed by atoms with Gasteiger partial charge in [-0.25, -0.2) is 0 Å². The van der Waals surface area contributed by atoms with E-state index in [0.717, 1.165) is 37.2 Å². The minimum atomic E-state index is -0.335. The molecule has 0 unspecified atom stereocenters. The molecule has 0 radical (unpaired) electrons. The van der Waals surface area contributed by atoms with Gasteiger partial charge in [-0.1, -0.05) is 0 Å². The van der Waals surface area contributed by atoms with Crippen molar-refractivity contribution in [1.82, 2.24) is 14.8 Å². The number of H-pyrrole nitrogens is 1. The lowest BCUT2D eigenvalue weighted by atomic mass is 9.96. The quantitative estimate of drug-likeness (QED) is 0.903. The minimum Gasteiger partial charge on any atom is -0.497 e. The Balaban J connectivity index is 1.57. The zero-order chi connectivity index (χ0) is 19.0. The maximum Gasteiger partial charge on any atom is 0.261 e. The number of piperidine rings is 1. The molecule has 1 aromatic carbocycles. The predicted molar refractivity (Wildman–Crippen MR) is 104 cm³/mol. The minimum absolute atomic E-state index is 0.162. The number of benzene rings is 1. The SMILES string of the molecule is COc1ccc(-c2ccc(C(=O)N3C[C@@H]4CC[C@H](C3)N(C)C4)c(=O)[nH]2)cc1. The summed E-state index contributed by atoms with van der Waals surface area (Å²) in [5, 5.41) is 0. The molecule has 0 spiro atoms. The van der Waals surface area contributed by atoms with E-state index in [0.29, 0.717) is 24.2 Å². The van der Waals surface area contributed by atoms with Crippen molar-refractivity contribution in [2.24, 2.45) is 5.92 Å². The normalized spacial score (nSPS) is 22.5. The van der Waals surface area contributed by atoms with Gasteiger partial charge < -0.3 is 19.5 Å². The van der Waals surface area contributed by atoms with Crippen LogP contribution < -0.4 is 10.3 Å². The van der Waals surface area contributed by atoms with E-state index in [-0.39, 0.29) is 17.0 Å². The fourth-order valence-corrected chi connectivity index (χ4v) is 4.23. The van der Waals surface area contributed by atoms with E-state index in [4.69, 9.17) is 4.74 Å². The molecule has 142 valence electrons. The van der Waals surface area contributed by atoms with Crippen molar-refractivity contribution >= 4 is 5.91 Å². The number of hydrogen-bond acceptors (Lipinski definition) is 4. The zero-order valence-electron chi connectivity index (χ0n) is 15.8. The van der Waals surface area contributed by atoms with E-state index in [9.17, 15) is 9.59 Å². The third-order valence-electron chi connectivity index (χ3n) is 5.82. The van der Waals surface area contributed by atoms with Crippen molar-refractivity contribution in [3.63, 3.8) is 0 Å². The van der Waals surface area contributed by atoms with Gasteiger partial charge in [0, 0.05) is 31.4 Å². The zero-order valence-corrected chi connectivity index (χ0v) is 15.8. The van der Waals surface area contributed by atoms with E-state index >= 15 is 0 Å². The molecule has 4 heterocycles. The number of aromatic amines is 1. The molecule has 1 amide bonds. The number of aromatic nitrogens is 1. The maximum absolute atomic E-state index is 13.0. The van der Waals surface area contributed by atoms with Gasteiger partial charge in [0.05, 0.1) is 7.11 Å². The molecule has 27 heavy (non-hydrogen) atoms. The lowest BCUT2D eigenvalue weighted by Gasteiger charge is -2.32. The summed E-state index contributed by atoms with van der Waals surface area (Å²) in [4.78, 5) is 32.7. The number of rotatable bonds is 3. The standard InChI is InChI=1S/C21H25N3O3/c1-23-11-14-3-6-16(23)13-24(12-14)21(26)18-9-10-19(22-20(18)25)15-4-7-17(27-2)8-5-15/h4-5,7-10,14,16H,3,6,11-13H2,1-2H3,(H,22,25)/t14-,16-/m1/s1. The summed E-state index contributed by atoms with van der Waals surface area (Å²) in [6, 6.07) is 11.3. The first-order valence-electron chi connectivity index (χ1n) is 9.42. The number of ether oxygens (including phenoxy) is 1. The van der Waals surface area contributed by atoms with E-state index in [1.54, 1.807) is 19.2 Å². The van der Waals surface area contributed by atoms with Crippen LogP contribution in [0.3, 0.4) is 0 Å². The molecule has 3 aliphatic rings. The van der Waals surface area contributed by atoms with Gasteiger partial charge in [0.2, 0.25) is 0 Å². The predicted octanol–water partition coefficient (Wildman–Crippen LogP) is 2.22. The Kier molecular flexibility index (Phi) is 4.74. The molecule has 1 N–H and O–H groups in total. The molecule has 0 saturated carbocycles. The largest absolute Gasteiger partial charge is 0.497 e. The second kappa shape index (κ2) is 7.19. The number of likely N-dealkylation sites (N-methyl/N-ethyl adjacent to an activating group) is 1. The number of nitrogens with one attached hydrogen (secondary N) is 1. The van der Waals surface area contributed by atoms with Crippen LogP contribution in [0.25, 0.3) is 11.3 Å². The number of carbonyl (C=O) groups is 1. The van der Waals surface area contributed by atoms with E-state index in [2.05, 4.69) is 16.9 Å². The fraction of sp³-hybridized carbons (Fsp3) is 0.429. The molecule has 3 aliphatic heterocycles. The van der Waals surface area contributed by atoms with Gasteiger partial charge >= 0.3 is 0 Å². The van der Waals surface area contributed by atoms with Crippen molar-refractivity contribution in [1.29, 1.82) is 0 Å². The fourth-order valence-electron chi connectivity index (χ4n) is 4.23. The van der Waals surface area contributed by atoms with Crippen molar-refractivity contribution in [2.75, 3.05) is 33.8 Å². The van der Waals surface area contributed by atoms with Crippen molar-refractivity contribution in [3.05, 3.63) is 52.3 Å². The smallest absolute Gasteiger partial charge is 0.261 e. The topological polar surface area (TPSA) is 65.6 Å². The average molecular weight is 367 g/mol. The van der Waals surface area contributed by atoms with Crippen LogP contribution in [-0.4, -0.2) is 60.5 Å². The van der Waals surface area contributed by atoms with Gasteiger partial charge in [-0.2, -0.15) is 0 Å². The number of hydrogen-bond donors (Lipinski definition) is 1. The Hall–Kier alpha value is -2.60. The lowest BCUT2D eigenvalue weighted by Crippen LogP contribution is -2.42. The molecule has 3 saturated heterocycles. The third-order valence-corrected chi connectivity index (χ3v) is 5.82. The molecule has 2 aromatic rings. The summed E-state index contributed by atoms with van der Waals surface area (Å²) >= 11 is 0. The molecule has 6 nitrogen and oxygen atoms in total. The van der Waals surface area contributed by atoms with E-state index in [1.807, 2.05) is 29.2 Å². The highest BCUT2D eigenvalue weighted by atomic mass is 16.5. The Bertz CT molecular complexity index is 890. The van der Waals surface area contributed by atoms with E-state index < -0.39 is 0 Å². The van der Waals surface area contributed by atoms with Gasteiger partial charge in [0.1, 0.15) is 11.3 Å². The van der Waals surface area contributed by atoms with Crippen LogP contribution in [0.4, 0.5) is 0 Å². The van der Waals surface area contributed by atoms with Gasteiger partial charge in [-0.15, -0.1) is 0 Å². The summed E-state index contributed by atoms with van der Waals surface area (Å²) in [6.45, 7) is 2.46. The van der Waals surface area contributed by atoms with Gasteiger partial charge in [-0.05, 0) is 67.8 Å². The van der Waals surface area contributed by atoms with Crippen LogP contribution in [0, 0.1) is 5.92 Å². The second-order valence-electron chi connectivity index (χ2n) is 7.59. The molecule has 2 atom stereocenters. The number of carbonyl (C=O) groups excluding carboxylic acids is 1. The van der Waals surface area contributed by atoms with Crippen molar-refractivity contribution in [2.45, 2.75) is 18.9 Å². The molecule has 1 aromatic heterocycles. The van der Waals surface area contributed by atoms with Crippen LogP contribution in [0.15, 0.2) is 41.2 Å². The monoisotopic (exact) mass is 367 g/mol. The van der Waals surface area contributed by atoms with Crippen LogP contribution >= 0.6 is 0 Å². The highest BCUT2D eigenvalue weighted by molar-refractivity contribution is 5.94. The second-order valence-corrected chi connectivity index (χ2v) is 7.59. The summed E-state index contributed by atoms with van der Waals surface area (Å²) in [6.07, 6.45) is 2.28. The van der Waals surface area contributed by atoms with E-state index in [1.165, 1.54) is 0 Å². The molecular formula is C21H25N3O3.